The summed E-state index contributed by atoms with van der Waals surface area (Å²) < 4.78 is 30.8. The van der Waals surface area contributed by atoms with Crippen LogP contribution in [0.5, 0.6) is 5.75 Å². The van der Waals surface area contributed by atoms with Gasteiger partial charge in [0.25, 0.3) is 5.76 Å². The predicted octanol–water partition coefficient (Wildman–Crippen LogP) is 8.47. The number of hydrogen-bond donors (Lipinski definition) is 1. The lowest BCUT2D eigenvalue weighted by Crippen LogP contribution is -2.25. The Kier molecular flexibility index (Phi) is 14.4. The zero-order valence-corrected chi connectivity index (χ0v) is 24.3. The summed E-state index contributed by atoms with van der Waals surface area (Å²) in [5, 5.41) is 11.1. The number of amides is 1. The maximum atomic E-state index is 12.5. The summed E-state index contributed by atoms with van der Waals surface area (Å²) in [6, 6.07) is 14.6. The van der Waals surface area contributed by atoms with Crippen LogP contribution >= 0.6 is 23.5 Å². The first-order chi connectivity index (χ1) is 19.0. The summed E-state index contributed by atoms with van der Waals surface area (Å²) in [4.78, 5) is 12.8. The topological polar surface area (TPSA) is 63.1 Å². The van der Waals surface area contributed by atoms with E-state index in [2.05, 4.69) is 22.4 Å². The third-order valence-electron chi connectivity index (χ3n) is 6.35. The molecule has 0 bridgehead atoms. The van der Waals surface area contributed by atoms with Gasteiger partial charge in [0.1, 0.15) is 5.75 Å². The van der Waals surface area contributed by atoms with Crippen LogP contribution in [0, 0.1) is 0 Å². The molecule has 0 saturated carbocycles. The number of carbonyl (C=O) groups is 1. The minimum Gasteiger partial charge on any atom is -0.494 e. The van der Waals surface area contributed by atoms with E-state index in [1.54, 1.807) is 30.5 Å². The lowest BCUT2D eigenvalue weighted by Gasteiger charge is -2.06. The number of halogens is 2. The molecule has 1 atom stereocenters. The van der Waals surface area contributed by atoms with Crippen molar-refractivity contribution in [3.63, 3.8) is 0 Å². The van der Waals surface area contributed by atoms with Gasteiger partial charge in [0.05, 0.1) is 18.1 Å². The normalized spacial score (nSPS) is 16.5. The Bertz CT molecular complexity index is 1050. The van der Waals surface area contributed by atoms with Crippen molar-refractivity contribution < 1.29 is 18.3 Å². The van der Waals surface area contributed by atoms with Crippen LogP contribution in [0.2, 0.25) is 0 Å². The SMILES string of the molecule is CCCCCCCCCCCCOc1ccc(C=N/N=C2\NC(=O)C(Cc3ccc(SC(F)F)cc3)S2)cc1. The van der Waals surface area contributed by atoms with Crippen LogP contribution in [0.15, 0.2) is 63.6 Å². The highest BCUT2D eigenvalue weighted by Crippen LogP contribution is 2.27. The van der Waals surface area contributed by atoms with Crippen molar-refractivity contribution in [3.05, 3.63) is 59.7 Å². The zero-order valence-electron chi connectivity index (χ0n) is 22.6. The summed E-state index contributed by atoms with van der Waals surface area (Å²) in [6.45, 7) is 2.99. The Hall–Kier alpha value is -2.39. The summed E-state index contributed by atoms with van der Waals surface area (Å²) >= 11 is 1.83. The number of amidine groups is 1. The minimum atomic E-state index is -2.45. The molecule has 0 aromatic heterocycles. The molecular weight excluding hydrogens is 536 g/mol. The van der Waals surface area contributed by atoms with Crippen molar-refractivity contribution in [2.45, 2.75) is 93.5 Å². The van der Waals surface area contributed by atoms with E-state index >= 15 is 0 Å². The number of hydrogen-bond acceptors (Lipinski definition) is 6. The second-order valence-electron chi connectivity index (χ2n) is 9.57. The van der Waals surface area contributed by atoms with Gasteiger partial charge < -0.3 is 10.1 Å². The first-order valence-corrected chi connectivity index (χ1v) is 15.6. The summed E-state index contributed by atoms with van der Waals surface area (Å²) in [5.41, 5.74) is 1.79. The number of nitrogens with zero attached hydrogens (tertiary/aromatic N) is 2. The molecule has 1 N–H and O–H groups in total. The number of alkyl halides is 2. The number of thioether (sulfide) groups is 2. The molecule has 1 aliphatic heterocycles. The maximum absolute atomic E-state index is 12.5. The molecule has 212 valence electrons. The third kappa shape index (κ3) is 12.6. The van der Waals surface area contributed by atoms with Gasteiger partial charge in [-0.2, -0.15) is 13.9 Å². The standard InChI is InChI=1S/C30H39F2N3O2S2/c1-2-3-4-5-6-7-8-9-10-11-20-37-25-16-12-24(13-17-25)22-33-35-30-34-28(36)27(39-30)21-23-14-18-26(19-15-23)38-29(31)32/h12-19,22,27,29H,2-11,20-21H2,1H3,(H,34,35,36). The highest BCUT2D eigenvalue weighted by atomic mass is 32.2. The predicted molar refractivity (Wildman–Crippen MR) is 160 cm³/mol. The van der Waals surface area contributed by atoms with Crippen molar-refractivity contribution in [2.24, 2.45) is 10.2 Å². The monoisotopic (exact) mass is 575 g/mol. The molecule has 1 aliphatic rings. The molecule has 9 heteroatoms. The molecule has 2 aromatic carbocycles. The van der Waals surface area contributed by atoms with Gasteiger partial charge in [-0.1, -0.05) is 100 Å². The number of ether oxygens (including phenoxy) is 1. The lowest BCUT2D eigenvalue weighted by molar-refractivity contribution is -0.118. The van der Waals surface area contributed by atoms with Gasteiger partial charge in [-0.25, -0.2) is 0 Å². The van der Waals surface area contributed by atoms with Gasteiger partial charge in [-0.15, -0.1) is 5.10 Å². The average Bonchev–Trinajstić information content (AvgIpc) is 3.27. The number of rotatable bonds is 18. The zero-order chi connectivity index (χ0) is 27.7. The molecule has 5 nitrogen and oxygen atoms in total. The van der Waals surface area contributed by atoms with Crippen molar-refractivity contribution in [1.29, 1.82) is 0 Å². The first-order valence-electron chi connectivity index (χ1n) is 13.9. The first kappa shape index (κ1) is 31.1. The lowest BCUT2D eigenvalue weighted by atomic mass is 10.1. The fourth-order valence-corrected chi connectivity index (χ4v) is 5.65. The molecule has 1 saturated heterocycles. The van der Waals surface area contributed by atoms with E-state index in [9.17, 15) is 13.6 Å². The maximum Gasteiger partial charge on any atom is 0.288 e. The highest BCUT2D eigenvalue weighted by molar-refractivity contribution is 8.15. The quantitative estimate of drug-likeness (QED) is 0.0838. The molecular formula is C30H39F2N3O2S2. The Balaban J connectivity index is 1.32. The molecule has 0 aliphatic carbocycles. The average molecular weight is 576 g/mol. The van der Waals surface area contributed by atoms with E-state index in [1.165, 1.54) is 69.5 Å². The van der Waals surface area contributed by atoms with E-state index in [4.69, 9.17) is 4.74 Å². The van der Waals surface area contributed by atoms with Gasteiger partial charge in [0, 0.05) is 4.90 Å². The Morgan fingerprint density at radius 2 is 1.59 bits per heavy atom. The van der Waals surface area contributed by atoms with Crippen molar-refractivity contribution in [2.75, 3.05) is 6.61 Å². The Morgan fingerprint density at radius 3 is 2.23 bits per heavy atom. The Labute approximate surface area is 239 Å². The fraction of sp³-hybridized carbons (Fsp3) is 0.500. The van der Waals surface area contributed by atoms with E-state index in [1.807, 2.05) is 24.3 Å². The highest BCUT2D eigenvalue weighted by Gasteiger charge is 2.30. The van der Waals surface area contributed by atoms with Gasteiger partial charge >= 0.3 is 0 Å². The van der Waals surface area contributed by atoms with E-state index in [0.29, 0.717) is 28.2 Å². The molecule has 1 fully saturated rings. The molecule has 2 aromatic rings. The molecule has 0 radical (unpaired) electrons. The van der Waals surface area contributed by atoms with Crippen LogP contribution in [-0.2, 0) is 11.2 Å². The van der Waals surface area contributed by atoms with E-state index in [0.717, 1.165) is 29.9 Å². The third-order valence-corrected chi connectivity index (χ3v) is 8.14. The van der Waals surface area contributed by atoms with Gasteiger partial charge in [0.15, 0.2) is 5.17 Å². The molecule has 1 heterocycles. The summed E-state index contributed by atoms with van der Waals surface area (Å²) in [5.74, 6) is -1.74. The van der Waals surface area contributed by atoms with Crippen molar-refractivity contribution in [3.8, 4) is 5.75 Å². The second kappa shape index (κ2) is 18.1. The smallest absolute Gasteiger partial charge is 0.288 e. The van der Waals surface area contributed by atoms with Gasteiger partial charge in [-0.05, 0) is 60.4 Å². The van der Waals surface area contributed by atoms with Crippen molar-refractivity contribution >= 4 is 40.8 Å². The van der Waals surface area contributed by atoms with Crippen LogP contribution in [0.1, 0.15) is 82.3 Å². The second-order valence-corrected chi connectivity index (χ2v) is 11.8. The van der Waals surface area contributed by atoms with E-state index in [-0.39, 0.29) is 11.2 Å². The Morgan fingerprint density at radius 1 is 0.949 bits per heavy atom. The van der Waals surface area contributed by atoms with Crippen molar-refractivity contribution in [1.82, 2.24) is 5.32 Å². The van der Waals surface area contributed by atoms with Crippen LogP contribution in [0.4, 0.5) is 8.78 Å². The molecule has 1 unspecified atom stereocenters. The minimum absolute atomic E-state index is 0.135. The number of unbranched alkanes of at least 4 members (excludes halogenated alkanes) is 9. The number of nitrogens with one attached hydrogen (secondary N) is 1. The van der Waals surface area contributed by atoms with E-state index < -0.39 is 5.76 Å². The van der Waals surface area contributed by atoms with Crippen LogP contribution in [0.25, 0.3) is 0 Å². The number of carbonyl (C=O) groups excluding carboxylic acids is 1. The molecule has 3 rings (SSSR count). The fourth-order valence-electron chi connectivity index (χ4n) is 4.19. The van der Waals surface area contributed by atoms with Crippen LogP contribution < -0.4 is 10.1 Å². The molecule has 0 spiro atoms. The largest absolute Gasteiger partial charge is 0.494 e. The van der Waals surface area contributed by atoms with Gasteiger partial charge in [0.2, 0.25) is 5.91 Å². The van der Waals surface area contributed by atoms with Crippen LogP contribution in [0.3, 0.4) is 0 Å². The van der Waals surface area contributed by atoms with Gasteiger partial charge in [-0.3, -0.25) is 4.79 Å². The molecule has 1 amide bonds. The van der Waals surface area contributed by atoms with Crippen LogP contribution in [-0.4, -0.2) is 34.9 Å². The summed E-state index contributed by atoms with van der Waals surface area (Å²) in [7, 11) is 0. The summed E-state index contributed by atoms with van der Waals surface area (Å²) in [6.07, 6.45) is 15.2. The number of benzene rings is 2. The molecule has 39 heavy (non-hydrogen) atoms.